The molecule has 2 aromatic heterocycles. The Morgan fingerprint density at radius 3 is 2.57 bits per heavy atom. The molecule has 1 N–H and O–H groups in total. The van der Waals surface area contributed by atoms with Crippen molar-refractivity contribution in [3.8, 4) is 0 Å². The second-order valence-electron chi connectivity index (χ2n) is 7.22. The lowest BCUT2D eigenvalue weighted by Gasteiger charge is -2.32. The van der Waals surface area contributed by atoms with Gasteiger partial charge in [-0.1, -0.05) is 6.07 Å². The number of fused-ring (bicyclic) bond motifs is 1. The van der Waals surface area contributed by atoms with Crippen LogP contribution in [0.3, 0.4) is 0 Å². The van der Waals surface area contributed by atoms with Crippen molar-refractivity contribution in [2.75, 3.05) is 23.3 Å². The summed E-state index contributed by atoms with van der Waals surface area (Å²) in [6.07, 6.45) is -3.49. The number of anilines is 2. The number of alkyl halides is 3. The Labute approximate surface area is 178 Å². The van der Waals surface area contributed by atoms with Crippen LogP contribution in [-0.2, 0) is 11.0 Å². The van der Waals surface area contributed by atoms with E-state index in [1.54, 1.807) is 6.07 Å². The second kappa shape index (κ2) is 7.86. The van der Waals surface area contributed by atoms with Gasteiger partial charge < -0.3 is 10.2 Å². The highest BCUT2D eigenvalue weighted by atomic mass is 79.9. The predicted octanol–water partition coefficient (Wildman–Crippen LogP) is 4.07. The smallest absolute Gasteiger partial charge is 0.355 e. The number of hydrogen-bond acceptors (Lipinski definition) is 5. The molecular weight excluding hydrogens is 465 g/mol. The van der Waals surface area contributed by atoms with Gasteiger partial charge in [0.2, 0.25) is 5.91 Å². The molecule has 11 heteroatoms. The Morgan fingerprint density at radius 1 is 1.17 bits per heavy atom. The summed E-state index contributed by atoms with van der Waals surface area (Å²) >= 11 is 3.45. The molecule has 1 aliphatic rings. The molecule has 1 amide bonds. The first-order chi connectivity index (χ1) is 14.2. The van der Waals surface area contributed by atoms with Gasteiger partial charge in [0.1, 0.15) is 5.82 Å². The van der Waals surface area contributed by atoms with Gasteiger partial charge >= 0.3 is 6.18 Å². The molecule has 1 saturated heterocycles. The second-order valence-corrected chi connectivity index (χ2v) is 8.07. The molecule has 3 heterocycles. The van der Waals surface area contributed by atoms with E-state index in [0.29, 0.717) is 42.0 Å². The minimum absolute atomic E-state index is 0.0315. The number of rotatable bonds is 3. The van der Waals surface area contributed by atoms with Crippen molar-refractivity contribution >= 4 is 39.0 Å². The highest BCUT2D eigenvalue weighted by Gasteiger charge is 2.38. The molecule has 0 saturated carbocycles. The summed E-state index contributed by atoms with van der Waals surface area (Å²) in [6.45, 7) is 2.99. The van der Waals surface area contributed by atoms with E-state index in [4.69, 9.17) is 0 Å². The van der Waals surface area contributed by atoms with Gasteiger partial charge in [0, 0.05) is 23.5 Å². The van der Waals surface area contributed by atoms with E-state index in [2.05, 4.69) is 36.5 Å². The van der Waals surface area contributed by atoms with Crippen molar-refractivity contribution in [2.45, 2.75) is 25.9 Å². The molecule has 7 nitrogen and oxygen atoms in total. The minimum Gasteiger partial charge on any atom is -0.355 e. The van der Waals surface area contributed by atoms with Crippen LogP contribution in [0.15, 0.2) is 34.8 Å². The summed E-state index contributed by atoms with van der Waals surface area (Å²) in [5.41, 5.74) is 1.83. The van der Waals surface area contributed by atoms with E-state index >= 15 is 0 Å². The zero-order valence-corrected chi connectivity index (χ0v) is 17.5. The Morgan fingerprint density at radius 2 is 1.90 bits per heavy atom. The fraction of sp³-hybridized carbons (Fsp3) is 0.368. The lowest BCUT2D eigenvalue weighted by molar-refractivity contribution is -0.146. The van der Waals surface area contributed by atoms with Gasteiger partial charge in [-0.15, -0.1) is 15.3 Å². The number of nitrogens with zero attached hydrogens (tertiary/aromatic N) is 5. The van der Waals surface area contributed by atoms with Crippen molar-refractivity contribution in [1.29, 1.82) is 0 Å². The zero-order valence-electron chi connectivity index (χ0n) is 15.9. The van der Waals surface area contributed by atoms with E-state index in [-0.39, 0.29) is 17.5 Å². The van der Waals surface area contributed by atoms with Gasteiger partial charge in [-0.05, 0) is 65.5 Å². The van der Waals surface area contributed by atoms with Crippen LogP contribution in [-0.4, -0.2) is 38.8 Å². The number of amides is 1. The van der Waals surface area contributed by atoms with Gasteiger partial charge in [0.15, 0.2) is 5.65 Å². The maximum atomic E-state index is 13.1. The molecule has 0 radical (unpaired) electrons. The molecule has 4 rings (SSSR count). The predicted molar refractivity (Wildman–Crippen MR) is 108 cm³/mol. The molecule has 30 heavy (non-hydrogen) atoms. The van der Waals surface area contributed by atoms with Crippen LogP contribution in [0.1, 0.15) is 24.2 Å². The molecule has 0 spiro atoms. The molecule has 1 fully saturated rings. The van der Waals surface area contributed by atoms with Crippen LogP contribution in [0, 0.1) is 12.8 Å². The fourth-order valence-electron chi connectivity index (χ4n) is 3.45. The van der Waals surface area contributed by atoms with E-state index in [0.717, 1.165) is 10.0 Å². The van der Waals surface area contributed by atoms with Gasteiger partial charge in [-0.3, -0.25) is 4.79 Å². The normalized spacial score (nSPS) is 15.6. The topological polar surface area (TPSA) is 75.4 Å². The molecule has 0 atom stereocenters. The van der Waals surface area contributed by atoms with Crippen LogP contribution in [0.5, 0.6) is 0 Å². The number of benzene rings is 1. The molecule has 1 aliphatic heterocycles. The van der Waals surface area contributed by atoms with Crippen molar-refractivity contribution in [3.63, 3.8) is 0 Å². The summed E-state index contributed by atoms with van der Waals surface area (Å²) < 4.78 is 40.7. The SMILES string of the molecule is Cc1ccc(NC(=O)C2CCN(c3ccc4nnc(C(F)(F)F)n4n3)CC2)c(Br)c1. The largest absolute Gasteiger partial charge is 0.453 e. The third-order valence-corrected chi connectivity index (χ3v) is 5.73. The Kier molecular flexibility index (Phi) is 5.39. The summed E-state index contributed by atoms with van der Waals surface area (Å²) in [5, 5.41) is 13.7. The lowest BCUT2D eigenvalue weighted by Crippen LogP contribution is -2.38. The van der Waals surface area contributed by atoms with Crippen LogP contribution < -0.4 is 10.2 Å². The van der Waals surface area contributed by atoms with Crippen LogP contribution in [0.25, 0.3) is 5.65 Å². The first kappa shape index (κ1) is 20.6. The van der Waals surface area contributed by atoms with E-state index < -0.39 is 12.0 Å². The molecule has 1 aromatic carbocycles. The van der Waals surface area contributed by atoms with Crippen LogP contribution in [0.4, 0.5) is 24.7 Å². The van der Waals surface area contributed by atoms with Crippen LogP contribution >= 0.6 is 15.9 Å². The number of nitrogens with one attached hydrogen (secondary N) is 1. The maximum absolute atomic E-state index is 13.1. The zero-order chi connectivity index (χ0) is 21.5. The molecule has 0 aliphatic carbocycles. The molecule has 158 valence electrons. The van der Waals surface area contributed by atoms with E-state index in [9.17, 15) is 18.0 Å². The van der Waals surface area contributed by atoms with Crippen molar-refractivity contribution in [2.24, 2.45) is 5.92 Å². The molecule has 0 unspecified atom stereocenters. The van der Waals surface area contributed by atoms with Gasteiger partial charge in [0.25, 0.3) is 5.82 Å². The number of carbonyl (C=O) groups is 1. The lowest BCUT2D eigenvalue weighted by atomic mass is 9.96. The Bertz CT molecular complexity index is 1090. The maximum Gasteiger partial charge on any atom is 0.453 e. The molecule has 0 bridgehead atoms. The number of aryl methyl sites for hydroxylation is 1. The Hall–Kier alpha value is -2.69. The summed E-state index contributed by atoms with van der Waals surface area (Å²) in [4.78, 5) is 14.5. The third-order valence-electron chi connectivity index (χ3n) is 5.07. The molecular formula is C19H18BrF3N6O. The number of piperidine rings is 1. The molecule has 3 aromatic rings. The van der Waals surface area contributed by atoms with E-state index in [1.807, 2.05) is 30.0 Å². The first-order valence-electron chi connectivity index (χ1n) is 9.34. The highest BCUT2D eigenvalue weighted by Crippen LogP contribution is 2.29. The Balaban J connectivity index is 1.43. The highest BCUT2D eigenvalue weighted by molar-refractivity contribution is 9.10. The number of aromatic nitrogens is 4. The van der Waals surface area contributed by atoms with Gasteiger partial charge in [-0.25, -0.2) is 0 Å². The average molecular weight is 483 g/mol. The number of halogens is 4. The summed E-state index contributed by atoms with van der Waals surface area (Å²) in [6, 6.07) is 8.78. The summed E-state index contributed by atoms with van der Waals surface area (Å²) in [5.74, 6) is -1.01. The average Bonchev–Trinajstić information content (AvgIpc) is 3.14. The fourth-order valence-corrected chi connectivity index (χ4v) is 4.04. The van der Waals surface area contributed by atoms with Crippen LogP contribution in [0.2, 0.25) is 0 Å². The quantitative estimate of drug-likeness (QED) is 0.608. The monoisotopic (exact) mass is 482 g/mol. The van der Waals surface area contributed by atoms with Gasteiger partial charge in [0.05, 0.1) is 5.69 Å². The first-order valence-corrected chi connectivity index (χ1v) is 10.1. The minimum atomic E-state index is -4.64. The number of carbonyl (C=O) groups excluding carboxylic acids is 1. The van der Waals surface area contributed by atoms with Gasteiger partial charge in [-0.2, -0.15) is 17.7 Å². The van der Waals surface area contributed by atoms with Crippen molar-refractivity contribution < 1.29 is 18.0 Å². The number of hydrogen-bond donors (Lipinski definition) is 1. The standard InChI is InChI=1S/C19H18BrF3N6O/c1-11-2-3-14(13(20)10-11)24-17(30)12-6-8-28(9-7-12)16-5-4-15-25-26-18(19(21,22)23)29(15)27-16/h2-5,10,12H,6-9H2,1H3,(H,24,30). The van der Waals surface area contributed by atoms with Crippen molar-refractivity contribution in [3.05, 3.63) is 46.2 Å². The van der Waals surface area contributed by atoms with E-state index in [1.165, 1.54) is 6.07 Å². The van der Waals surface area contributed by atoms with Crippen molar-refractivity contribution in [1.82, 2.24) is 19.8 Å². The third kappa shape index (κ3) is 4.11. The summed E-state index contributed by atoms with van der Waals surface area (Å²) in [7, 11) is 0.